The molecule has 0 bridgehead atoms. The first-order valence-corrected chi connectivity index (χ1v) is 9.03. The van der Waals surface area contributed by atoms with Crippen LogP contribution in [0.4, 0.5) is 5.69 Å². The van der Waals surface area contributed by atoms with Gasteiger partial charge in [0, 0.05) is 37.2 Å². The Hall–Kier alpha value is -1.88. The Labute approximate surface area is 143 Å². The second kappa shape index (κ2) is 7.79. The molecule has 0 aromatic heterocycles. The SMILES string of the molecule is C[C@H]1C[C@@H](C(=O)Nc2cccc(CN3CCCCC3=O)c2)CCN1. The molecule has 3 rings (SSSR count). The zero-order chi connectivity index (χ0) is 16.9. The molecule has 2 N–H and O–H groups in total. The Kier molecular flexibility index (Phi) is 5.51. The van der Waals surface area contributed by atoms with E-state index >= 15 is 0 Å². The number of carbonyl (C=O) groups is 2. The fourth-order valence-electron chi connectivity index (χ4n) is 3.61. The second-order valence-corrected chi connectivity index (χ2v) is 7.04. The summed E-state index contributed by atoms with van der Waals surface area (Å²) in [7, 11) is 0. The van der Waals surface area contributed by atoms with Crippen LogP contribution in [0.3, 0.4) is 0 Å². The standard InChI is InChI=1S/C19H27N3O2/c1-14-11-16(8-9-20-14)19(24)21-17-6-4-5-15(12-17)13-22-10-3-2-7-18(22)23/h4-6,12,14,16,20H,2-3,7-11,13H2,1H3,(H,21,24)/t14-,16-/m0/s1. The first-order chi connectivity index (χ1) is 11.6. The predicted octanol–water partition coefficient (Wildman–Crippen LogP) is 2.53. The molecule has 2 atom stereocenters. The number of rotatable bonds is 4. The summed E-state index contributed by atoms with van der Waals surface area (Å²) < 4.78 is 0. The molecule has 130 valence electrons. The van der Waals surface area contributed by atoms with Gasteiger partial charge in [-0.25, -0.2) is 0 Å². The molecular formula is C19H27N3O2. The van der Waals surface area contributed by atoms with Crippen molar-refractivity contribution in [2.24, 2.45) is 5.92 Å². The molecule has 24 heavy (non-hydrogen) atoms. The van der Waals surface area contributed by atoms with Crippen LogP contribution in [0, 0.1) is 5.92 Å². The molecule has 0 radical (unpaired) electrons. The van der Waals surface area contributed by atoms with Crippen LogP contribution >= 0.6 is 0 Å². The van der Waals surface area contributed by atoms with Crippen molar-refractivity contribution >= 4 is 17.5 Å². The lowest BCUT2D eigenvalue weighted by Gasteiger charge is -2.28. The van der Waals surface area contributed by atoms with E-state index < -0.39 is 0 Å². The van der Waals surface area contributed by atoms with E-state index in [4.69, 9.17) is 0 Å². The highest BCUT2D eigenvalue weighted by molar-refractivity contribution is 5.92. The van der Waals surface area contributed by atoms with E-state index in [-0.39, 0.29) is 17.7 Å². The summed E-state index contributed by atoms with van der Waals surface area (Å²) in [4.78, 5) is 26.3. The van der Waals surface area contributed by atoms with Crippen LogP contribution in [0.25, 0.3) is 0 Å². The quantitative estimate of drug-likeness (QED) is 0.892. The van der Waals surface area contributed by atoms with Gasteiger partial charge >= 0.3 is 0 Å². The summed E-state index contributed by atoms with van der Waals surface area (Å²) in [6, 6.07) is 8.27. The molecule has 2 aliphatic heterocycles. The van der Waals surface area contributed by atoms with E-state index in [0.717, 1.165) is 50.0 Å². The van der Waals surface area contributed by atoms with Gasteiger partial charge in [0.05, 0.1) is 0 Å². The molecule has 0 spiro atoms. The number of hydrogen-bond donors (Lipinski definition) is 2. The zero-order valence-electron chi connectivity index (χ0n) is 14.4. The Morgan fingerprint density at radius 3 is 3.04 bits per heavy atom. The van der Waals surface area contributed by atoms with Gasteiger partial charge in [-0.2, -0.15) is 0 Å². The molecule has 2 heterocycles. The summed E-state index contributed by atoms with van der Waals surface area (Å²) >= 11 is 0. The van der Waals surface area contributed by atoms with Gasteiger partial charge in [-0.1, -0.05) is 12.1 Å². The van der Waals surface area contributed by atoms with Crippen molar-refractivity contribution < 1.29 is 9.59 Å². The van der Waals surface area contributed by atoms with Crippen LogP contribution in [0.15, 0.2) is 24.3 Å². The Morgan fingerprint density at radius 1 is 1.38 bits per heavy atom. The number of nitrogens with one attached hydrogen (secondary N) is 2. The van der Waals surface area contributed by atoms with Crippen molar-refractivity contribution in [3.63, 3.8) is 0 Å². The zero-order valence-corrected chi connectivity index (χ0v) is 14.4. The van der Waals surface area contributed by atoms with Crippen molar-refractivity contribution in [2.75, 3.05) is 18.4 Å². The summed E-state index contributed by atoms with van der Waals surface area (Å²) in [5.74, 6) is 0.419. The smallest absolute Gasteiger partial charge is 0.227 e. The molecule has 2 fully saturated rings. The van der Waals surface area contributed by atoms with Crippen molar-refractivity contribution in [2.45, 2.75) is 51.6 Å². The maximum Gasteiger partial charge on any atom is 0.227 e. The number of amides is 2. The van der Waals surface area contributed by atoms with Gasteiger partial charge in [0.2, 0.25) is 11.8 Å². The van der Waals surface area contributed by atoms with Crippen LogP contribution in [-0.2, 0) is 16.1 Å². The normalized spacial score (nSPS) is 24.7. The Balaban J connectivity index is 1.60. The van der Waals surface area contributed by atoms with E-state index in [1.165, 1.54) is 0 Å². The number of benzene rings is 1. The number of carbonyl (C=O) groups excluding carboxylic acids is 2. The Morgan fingerprint density at radius 2 is 2.25 bits per heavy atom. The van der Waals surface area contributed by atoms with Gasteiger partial charge in [-0.3, -0.25) is 9.59 Å². The highest BCUT2D eigenvalue weighted by Crippen LogP contribution is 2.20. The minimum absolute atomic E-state index is 0.0774. The molecule has 0 aliphatic carbocycles. The highest BCUT2D eigenvalue weighted by atomic mass is 16.2. The van der Waals surface area contributed by atoms with E-state index in [0.29, 0.717) is 19.0 Å². The fourth-order valence-corrected chi connectivity index (χ4v) is 3.61. The molecule has 2 amide bonds. The van der Waals surface area contributed by atoms with Crippen molar-refractivity contribution in [1.29, 1.82) is 0 Å². The third-order valence-electron chi connectivity index (χ3n) is 4.98. The molecule has 0 unspecified atom stereocenters. The minimum atomic E-state index is 0.0774. The number of hydrogen-bond acceptors (Lipinski definition) is 3. The van der Waals surface area contributed by atoms with Crippen LogP contribution in [-0.4, -0.2) is 35.8 Å². The lowest BCUT2D eigenvalue weighted by molar-refractivity contribution is -0.133. The number of nitrogens with zero attached hydrogens (tertiary/aromatic N) is 1. The molecule has 2 saturated heterocycles. The first kappa shape index (κ1) is 17.0. The number of anilines is 1. The van der Waals surface area contributed by atoms with E-state index in [2.05, 4.69) is 17.6 Å². The van der Waals surface area contributed by atoms with Crippen molar-refractivity contribution in [3.05, 3.63) is 29.8 Å². The van der Waals surface area contributed by atoms with Gasteiger partial charge in [0.1, 0.15) is 0 Å². The minimum Gasteiger partial charge on any atom is -0.338 e. The maximum atomic E-state index is 12.5. The topological polar surface area (TPSA) is 61.4 Å². The molecule has 1 aromatic carbocycles. The third-order valence-corrected chi connectivity index (χ3v) is 4.98. The average molecular weight is 329 g/mol. The van der Waals surface area contributed by atoms with E-state index in [1.807, 2.05) is 29.2 Å². The molecule has 0 saturated carbocycles. The van der Waals surface area contributed by atoms with E-state index in [1.54, 1.807) is 0 Å². The monoisotopic (exact) mass is 329 g/mol. The maximum absolute atomic E-state index is 12.5. The van der Waals surface area contributed by atoms with Crippen LogP contribution in [0.2, 0.25) is 0 Å². The number of piperidine rings is 2. The highest BCUT2D eigenvalue weighted by Gasteiger charge is 2.24. The van der Waals surface area contributed by atoms with Gasteiger partial charge in [0.25, 0.3) is 0 Å². The van der Waals surface area contributed by atoms with Gasteiger partial charge in [-0.15, -0.1) is 0 Å². The molecule has 5 nitrogen and oxygen atoms in total. The number of likely N-dealkylation sites (tertiary alicyclic amines) is 1. The van der Waals surface area contributed by atoms with Crippen LogP contribution in [0.1, 0.15) is 44.6 Å². The summed E-state index contributed by atoms with van der Waals surface area (Å²) in [5.41, 5.74) is 1.90. The molecule has 2 aliphatic rings. The van der Waals surface area contributed by atoms with Gasteiger partial charge in [0.15, 0.2) is 0 Å². The van der Waals surface area contributed by atoms with E-state index in [9.17, 15) is 9.59 Å². The molecule has 1 aromatic rings. The summed E-state index contributed by atoms with van der Waals surface area (Å²) in [5, 5.41) is 6.42. The first-order valence-electron chi connectivity index (χ1n) is 9.03. The van der Waals surface area contributed by atoms with Crippen LogP contribution < -0.4 is 10.6 Å². The molecular weight excluding hydrogens is 302 g/mol. The lowest BCUT2D eigenvalue weighted by atomic mass is 9.92. The largest absolute Gasteiger partial charge is 0.338 e. The lowest BCUT2D eigenvalue weighted by Crippen LogP contribution is -2.40. The van der Waals surface area contributed by atoms with Gasteiger partial charge < -0.3 is 15.5 Å². The summed E-state index contributed by atoms with van der Waals surface area (Å²) in [6.45, 7) is 4.49. The third kappa shape index (κ3) is 4.35. The van der Waals surface area contributed by atoms with Crippen molar-refractivity contribution in [3.8, 4) is 0 Å². The summed E-state index contributed by atoms with van der Waals surface area (Å²) in [6.07, 6.45) is 4.51. The Bertz CT molecular complexity index is 602. The predicted molar refractivity (Wildman–Crippen MR) is 94.5 cm³/mol. The van der Waals surface area contributed by atoms with Gasteiger partial charge in [-0.05, 0) is 56.8 Å². The average Bonchev–Trinajstić information content (AvgIpc) is 2.57. The fraction of sp³-hybridized carbons (Fsp3) is 0.579. The van der Waals surface area contributed by atoms with Crippen molar-refractivity contribution in [1.82, 2.24) is 10.2 Å². The van der Waals surface area contributed by atoms with Crippen LogP contribution in [0.5, 0.6) is 0 Å². The second-order valence-electron chi connectivity index (χ2n) is 7.04. The molecule has 5 heteroatoms.